The highest BCUT2D eigenvalue weighted by Crippen LogP contribution is 2.25. The Bertz CT molecular complexity index is 951. The van der Waals surface area contributed by atoms with E-state index in [0.717, 1.165) is 73.0 Å². The summed E-state index contributed by atoms with van der Waals surface area (Å²) in [6.07, 6.45) is 4.62. The van der Waals surface area contributed by atoms with Crippen molar-refractivity contribution in [2.45, 2.75) is 26.2 Å². The van der Waals surface area contributed by atoms with Gasteiger partial charge in [-0.1, -0.05) is 6.92 Å². The number of nitrogens with one attached hydrogen (secondary N) is 2. The fraction of sp³-hybridized carbons (Fsp3) is 0.450. The number of aromatic amines is 1. The maximum absolute atomic E-state index is 6.02. The normalized spacial score (nSPS) is 15.1. The van der Waals surface area contributed by atoms with Gasteiger partial charge in [0.15, 0.2) is 0 Å². The number of piperidine rings is 1. The van der Waals surface area contributed by atoms with E-state index in [1.54, 1.807) is 13.4 Å². The molecule has 0 unspecified atom stereocenters. The molecule has 7 nitrogen and oxygen atoms in total. The van der Waals surface area contributed by atoms with Gasteiger partial charge in [0, 0.05) is 31.3 Å². The highest BCUT2D eigenvalue weighted by Gasteiger charge is 2.22. The molecule has 2 aromatic heterocycles. The molecule has 28 heavy (non-hydrogen) atoms. The first-order chi connectivity index (χ1) is 13.7. The molecular formula is C20H25BN6O. The summed E-state index contributed by atoms with van der Waals surface area (Å²) in [7, 11) is 7.69. The average molecular weight is 376 g/mol. The Kier molecular flexibility index (Phi) is 5.37. The summed E-state index contributed by atoms with van der Waals surface area (Å²) in [5.74, 6) is 3.23. The number of anilines is 2. The van der Waals surface area contributed by atoms with Crippen LogP contribution in [0.3, 0.4) is 0 Å². The van der Waals surface area contributed by atoms with Gasteiger partial charge >= 0.3 is 0 Å². The lowest BCUT2D eigenvalue weighted by atomic mass is 9.93. The molecule has 3 aromatic rings. The number of H-pyrrole nitrogens is 1. The Morgan fingerprint density at radius 3 is 2.86 bits per heavy atom. The van der Waals surface area contributed by atoms with Crippen LogP contribution in [0, 0.1) is 5.92 Å². The van der Waals surface area contributed by atoms with Crippen molar-refractivity contribution in [3.63, 3.8) is 0 Å². The minimum atomic E-state index is 0.595. The molecule has 2 radical (unpaired) electrons. The molecule has 0 bridgehead atoms. The van der Waals surface area contributed by atoms with Gasteiger partial charge in [-0.25, -0.2) is 9.97 Å². The van der Waals surface area contributed by atoms with Crippen LogP contribution in [0.15, 0.2) is 24.5 Å². The third kappa shape index (κ3) is 3.77. The Labute approximate surface area is 166 Å². The summed E-state index contributed by atoms with van der Waals surface area (Å²) in [6.45, 7) is 4.95. The lowest BCUT2D eigenvalue weighted by molar-refractivity contribution is 0.415. The van der Waals surface area contributed by atoms with Crippen LogP contribution in [0.4, 0.5) is 11.8 Å². The van der Waals surface area contributed by atoms with E-state index >= 15 is 0 Å². The second-order valence-corrected chi connectivity index (χ2v) is 7.19. The van der Waals surface area contributed by atoms with E-state index in [9.17, 15) is 0 Å². The lowest BCUT2D eigenvalue weighted by Crippen LogP contribution is -2.38. The van der Waals surface area contributed by atoms with Crippen LogP contribution in [0.1, 0.15) is 25.3 Å². The van der Waals surface area contributed by atoms with Crippen molar-refractivity contribution in [1.82, 2.24) is 19.9 Å². The largest absolute Gasteiger partial charge is 0.497 e. The molecule has 1 saturated heterocycles. The van der Waals surface area contributed by atoms with Crippen LogP contribution in [0.25, 0.3) is 11.0 Å². The lowest BCUT2D eigenvalue weighted by Gasteiger charge is -2.34. The molecule has 0 saturated carbocycles. The van der Waals surface area contributed by atoms with Crippen molar-refractivity contribution >= 4 is 36.2 Å². The van der Waals surface area contributed by atoms with Gasteiger partial charge in [-0.15, -0.1) is 0 Å². The van der Waals surface area contributed by atoms with Gasteiger partial charge in [0.25, 0.3) is 0 Å². The quantitative estimate of drug-likeness (QED) is 0.641. The molecule has 1 aliphatic rings. The van der Waals surface area contributed by atoms with Crippen LogP contribution >= 0.6 is 0 Å². The molecular weight excluding hydrogens is 351 g/mol. The zero-order valence-corrected chi connectivity index (χ0v) is 16.4. The van der Waals surface area contributed by atoms with E-state index in [1.807, 2.05) is 18.2 Å². The molecule has 0 amide bonds. The molecule has 1 aromatic carbocycles. The number of imidazole rings is 1. The van der Waals surface area contributed by atoms with Crippen LogP contribution in [-0.4, -0.2) is 54.5 Å². The van der Waals surface area contributed by atoms with E-state index in [-0.39, 0.29) is 0 Å². The fourth-order valence-electron chi connectivity index (χ4n) is 3.82. The molecule has 0 spiro atoms. The number of hydrogen-bond donors (Lipinski definition) is 2. The molecule has 0 aliphatic carbocycles. The van der Waals surface area contributed by atoms with E-state index in [4.69, 9.17) is 12.6 Å². The van der Waals surface area contributed by atoms with E-state index < -0.39 is 0 Å². The number of fused-ring (bicyclic) bond motifs is 1. The number of aromatic nitrogens is 4. The van der Waals surface area contributed by atoms with Crippen molar-refractivity contribution in [3.8, 4) is 5.75 Å². The monoisotopic (exact) mass is 376 g/mol. The Balaban J connectivity index is 1.34. The highest BCUT2D eigenvalue weighted by molar-refractivity contribution is 6.32. The second-order valence-electron chi connectivity index (χ2n) is 7.19. The molecule has 4 rings (SSSR count). The Morgan fingerprint density at radius 2 is 2.11 bits per heavy atom. The van der Waals surface area contributed by atoms with E-state index in [2.05, 4.69) is 37.1 Å². The van der Waals surface area contributed by atoms with Crippen molar-refractivity contribution in [1.29, 1.82) is 0 Å². The number of methoxy groups -OCH3 is 1. The molecule has 1 fully saturated rings. The minimum Gasteiger partial charge on any atom is -0.497 e. The SMILES string of the molecule is [B]c1ncnc(N2CCC(CNc3nc4ccc(OC)cc4[nH]3)CC2)c1CC. The van der Waals surface area contributed by atoms with Crippen molar-refractivity contribution in [2.75, 3.05) is 37.0 Å². The summed E-state index contributed by atoms with van der Waals surface area (Å²) in [5, 5.41) is 3.46. The summed E-state index contributed by atoms with van der Waals surface area (Å²) in [4.78, 5) is 18.9. The van der Waals surface area contributed by atoms with Gasteiger partial charge in [0.05, 0.1) is 18.1 Å². The van der Waals surface area contributed by atoms with E-state index in [1.165, 1.54) is 0 Å². The Morgan fingerprint density at radius 1 is 1.29 bits per heavy atom. The topological polar surface area (TPSA) is 79.0 Å². The predicted molar refractivity (Wildman–Crippen MR) is 113 cm³/mol. The number of rotatable bonds is 6. The third-order valence-electron chi connectivity index (χ3n) is 5.47. The van der Waals surface area contributed by atoms with Crippen LogP contribution in [0.2, 0.25) is 0 Å². The van der Waals surface area contributed by atoms with Crippen LogP contribution in [-0.2, 0) is 6.42 Å². The molecule has 0 atom stereocenters. The predicted octanol–water partition coefficient (Wildman–Crippen LogP) is 2.05. The first kappa shape index (κ1) is 18.6. The standard InChI is InChI=1S/C20H25BN6O/c1-3-15-18(21)23-12-24-19(15)27-8-6-13(7-9-27)11-22-20-25-16-5-4-14(28-2)10-17(16)26-20/h4-5,10,12-13H,3,6-9,11H2,1-2H3,(H2,22,25,26). The summed E-state index contributed by atoms with van der Waals surface area (Å²) in [6, 6.07) is 5.85. The summed E-state index contributed by atoms with van der Waals surface area (Å²) >= 11 is 0. The summed E-state index contributed by atoms with van der Waals surface area (Å²) < 4.78 is 5.27. The number of nitrogens with zero attached hydrogens (tertiary/aromatic N) is 4. The zero-order valence-electron chi connectivity index (χ0n) is 16.4. The fourth-order valence-corrected chi connectivity index (χ4v) is 3.82. The van der Waals surface area contributed by atoms with Gasteiger partial charge in [0.2, 0.25) is 5.95 Å². The molecule has 3 heterocycles. The first-order valence-corrected chi connectivity index (χ1v) is 9.79. The van der Waals surface area contributed by atoms with E-state index in [0.29, 0.717) is 11.5 Å². The van der Waals surface area contributed by atoms with Crippen LogP contribution < -0.4 is 20.5 Å². The molecule has 2 N–H and O–H groups in total. The van der Waals surface area contributed by atoms with Gasteiger partial charge in [0.1, 0.15) is 25.7 Å². The summed E-state index contributed by atoms with van der Waals surface area (Å²) in [5.41, 5.74) is 3.56. The highest BCUT2D eigenvalue weighted by atomic mass is 16.5. The van der Waals surface area contributed by atoms with Crippen molar-refractivity contribution in [2.24, 2.45) is 5.92 Å². The number of hydrogen-bond acceptors (Lipinski definition) is 6. The second kappa shape index (κ2) is 8.08. The Hall–Kier alpha value is -2.77. The maximum atomic E-state index is 6.02. The van der Waals surface area contributed by atoms with Gasteiger partial charge in [-0.05, 0) is 42.9 Å². The average Bonchev–Trinajstić information content (AvgIpc) is 3.14. The molecule has 8 heteroatoms. The number of benzene rings is 1. The van der Waals surface area contributed by atoms with Gasteiger partial charge in [-0.3, -0.25) is 4.98 Å². The zero-order chi connectivity index (χ0) is 19.5. The van der Waals surface area contributed by atoms with Crippen molar-refractivity contribution in [3.05, 3.63) is 30.1 Å². The number of ether oxygens (including phenoxy) is 1. The van der Waals surface area contributed by atoms with Crippen LogP contribution in [0.5, 0.6) is 5.75 Å². The molecule has 144 valence electrons. The van der Waals surface area contributed by atoms with Gasteiger partial charge < -0.3 is 19.9 Å². The maximum Gasteiger partial charge on any atom is 0.201 e. The third-order valence-corrected chi connectivity index (χ3v) is 5.47. The minimum absolute atomic E-state index is 0.595. The molecule has 1 aliphatic heterocycles. The first-order valence-electron chi connectivity index (χ1n) is 9.79. The van der Waals surface area contributed by atoms with Crippen molar-refractivity contribution < 1.29 is 4.74 Å². The smallest absolute Gasteiger partial charge is 0.201 e. The van der Waals surface area contributed by atoms with Gasteiger partial charge in [-0.2, -0.15) is 0 Å².